The van der Waals surface area contributed by atoms with Crippen LogP contribution in [0.4, 0.5) is 5.00 Å². The zero-order valence-corrected chi connectivity index (χ0v) is 9.40. The summed E-state index contributed by atoms with van der Waals surface area (Å²) < 4.78 is 0. The Morgan fingerprint density at radius 3 is 2.62 bits per heavy atom. The van der Waals surface area contributed by atoms with E-state index >= 15 is 0 Å². The van der Waals surface area contributed by atoms with Crippen molar-refractivity contribution in [2.24, 2.45) is 5.73 Å². The third kappa shape index (κ3) is 3.01. The first-order valence-electron chi connectivity index (χ1n) is 4.65. The van der Waals surface area contributed by atoms with Gasteiger partial charge in [-0.25, -0.2) is 0 Å². The molecule has 0 aliphatic heterocycles. The van der Waals surface area contributed by atoms with Crippen LogP contribution in [0.1, 0.15) is 18.2 Å². The van der Waals surface area contributed by atoms with Crippen molar-refractivity contribution in [2.75, 3.05) is 19.0 Å². The van der Waals surface area contributed by atoms with Crippen LogP contribution in [0.5, 0.6) is 0 Å². The third-order valence-corrected chi connectivity index (χ3v) is 3.35. The highest BCUT2D eigenvalue weighted by Crippen LogP contribution is 2.25. The third-order valence-electron chi connectivity index (χ3n) is 2.08. The predicted octanol–water partition coefficient (Wildman–Crippen LogP) is 2.09. The van der Waals surface area contributed by atoms with Crippen LogP contribution in [0.15, 0.2) is 12.1 Å². The fraction of sp³-hybridized carbons (Fsp3) is 0.600. The molecule has 0 saturated heterocycles. The summed E-state index contributed by atoms with van der Waals surface area (Å²) in [4.78, 5) is 3.52. The molecule has 1 unspecified atom stereocenters. The number of thiophene rings is 1. The van der Waals surface area contributed by atoms with E-state index in [2.05, 4.69) is 38.1 Å². The highest BCUT2D eigenvalue weighted by atomic mass is 32.1. The van der Waals surface area contributed by atoms with Crippen LogP contribution in [0, 0.1) is 0 Å². The van der Waals surface area contributed by atoms with Crippen LogP contribution in [0.25, 0.3) is 0 Å². The Morgan fingerprint density at radius 2 is 2.15 bits per heavy atom. The van der Waals surface area contributed by atoms with Crippen molar-refractivity contribution >= 4 is 16.3 Å². The Hall–Kier alpha value is -0.540. The van der Waals surface area contributed by atoms with Gasteiger partial charge in [0.05, 0.1) is 5.00 Å². The second-order valence-electron chi connectivity index (χ2n) is 3.51. The maximum absolute atomic E-state index is 5.88. The molecule has 0 spiro atoms. The first-order valence-corrected chi connectivity index (χ1v) is 5.46. The van der Waals surface area contributed by atoms with E-state index in [1.807, 2.05) is 11.3 Å². The van der Waals surface area contributed by atoms with Gasteiger partial charge < -0.3 is 10.6 Å². The molecule has 1 atom stereocenters. The molecule has 0 amide bonds. The number of nitrogens with two attached hydrogens (primary N) is 1. The van der Waals surface area contributed by atoms with E-state index in [1.165, 1.54) is 9.88 Å². The Labute approximate surface area is 84.4 Å². The molecule has 0 aliphatic rings. The zero-order valence-electron chi connectivity index (χ0n) is 8.58. The fourth-order valence-corrected chi connectivity index (χ4v) is 2.14. The maximum Gasteiger partial charge on any atom is 0.0906 e. The average molecular weight is 198 g/mol. The zero-order chi connectivity index (χ0) is 9.84. The van der Waals surface area contributed by atoms with Crippen LogP contribution in [-0.2, 0) is 6.42 Å². The molecule has 0 aromatic carbocycles. The molecule has 1 heterocycles. The van der Waals surface area contributed by atoms with Crippen molar-refractivity contribution in [3.63, 3.8) is 0 Å². The van der Waals surface area contributed by atoms with E-state index in [4.69, 9.17) is 5.73 Å². The van der Waals surface area contributed by atoms with E-state index in [-0.39, 0.29) is 0 Å². The standard InChI is InChI=1S/C10H18N2S/c1-4-8(11)7-9-5-6-10(13-9)12(2)3/h5-6,8H,4,7,11H2,1-3H3. The molecule has 1 aromatic heterocycles. The maximum atomic E-state index is 5.88. The molecule has 3 heteroatoms. The summed E-state index contributed by atoms with van der Waals surface area (Å²) in [5, 5.41) is 1.30. The number of anilines is 1. The molecule has 0 aliphatic carbocycles. The summed E-state index contributed by atoms with van der Waals surface area (Å²) in [7, 11) is 4.13. The summed E-state index contributed by atoms with van der Waals surface area (Å²) in [6.45, 7) is 2.13. The molecule has 13 heavy (non-hydrogen) atoms. The van der Waals surface area contributed by atoms with Gasteiger partial charge in [-0.15, -0.1) is 11.3 Å². The van der Waals surface area contributed by atoms with Crippen molar-refractivity contribution in [1.82, 2.24) is 0 Å². The van der Waals surface area contributed by atoms with Gasteiger partial charge in [-0.05, 0) is 25.0 Å². The average Bonchev–Trinajstić information content (AvgIpc) is 2.52. The number of hydrogen-bond acceptors (Lipinski definition) is 3. The second-order valence-corrected chi connectivity index (χ2v) is 4.65. The van der Waals surface area contributed by atoms with Crippen molar-refractivity contribution in [1.29, 1.82) is 0 Å². The highest BCUT2D eigenvalue weighted by Gasteiger charge is 2.05. The minimum absolute atomic E-state index is 0.314. The molecule has 1 aromatic rings. The van der Waals surface area contributed by atoms with Gasteiger partial charge in [-0.1, -0.05) is 6.92 Å². The van der Waals surface area contributed by atoms with E-state index in [1.54, 1.807) is 0 Å². The van der Waals surface area contributed by atoms with Gasteiger partial charge in [0, 0.05) is 25.0 Å². The van der Waals surface area contributed by atoms with Crippen LogP contribution in [0.3, 0.4) is 0 Å². The Balaban J connectivity index is 2.58. The van der Waals surface area contributed by atoms with E-state index < -0.39 is 0 Å². The molecule has 0 bridgehead atoms. The first-order chi connectivity index (χ1) is 6.13. The summed E-state index contributed by atoms with van der Waals surface area (Å²) in [6, 6.07) is 4.64. The lowest BCUT2D eigenvalue weighted by molar-refractivity contribution is 0.652. The minimum atomic E-state index is 0.314. The minimum Gasteiger partial charge on any atom is -0.370 e. The van der Waals surface area contributed by atoms with Gasteiger partial charge in [0.15, 0.2) is 0 Å². The molecule has 0 saturated carbocycles. The summed E-state index contributed by atoms with van der Waals surface area (Å²) in [5.74, 6) is 0. The second kappa shape index (κ2) is 4.63. The van der Waals surface area contributed by atoms with Crippen LogP contribution < -0.4 is 10.6 Å². The van der Waals surface area contributed by atoms with Crippen molar-refractivity contribution in [3.8, 4) is 0 Å². The molecule has 74 valence electrons. The molecule has 2 N–H and O–H groups in total. The van der Waals surface area contributed by atoms with Crippen LogP contribution >= 0.6 is 11.3 Å². The van der Waals surface area contributed by atoms with Gasteiger partial charge in [0.2, 0.25) is 0 Å². The normalized spacial score (nSPS) is 12.9. The van der Waals surface area contributed by atoms with Gasteiger partial charge in [0.25, 0.3) is 0 Å². The van der Waals surface area contributed by atoms with Gasteiger partial charge >= 0.3 is 0 Å². The number of nitrogens with zero attached hydrogens (tertiary/aromatic N) is 1. The van der Waals surface area contributed by atoms with Crippen molar-refractivity contribution < 1.29 is 0 Å². The van der Waals surface area contributed by atoms with E-state index in [0.717, 1.165) is 12.8 Å². The Kier molecular flexibility index (Phi) is 3.75. The van der Waals surface area contributed by atoms with Crippen LogP contribution in [0.2, 0.25) is 0 Å². The smallest absolute Gasteiger partial charge is 0.0906 e. The van der Waals surface area contributed by atoms with E-state index in [0.29, 0.717) is 6.04 Å². The molecular weight excluding hydrogens is 180 g/mol. The lowest BCUT2D eigenvalue weighted by atomic mass is 10.1. The number of hydrogen-bond donors (Lipinski definition) is 1. The SMILES string of the molecule is CCC(N)Cc1ccc(N(C)C)s1. The molecule has 0 radical (unpaired) electrons. The van der Waals surface area contributed by atoms with Gasteiger partial charge in [0.1, 0.15) is 0 Å². The summed E-state index contributed by atoms with van der Waals surface area (Å²) in [6.07, 6.45) is 2.06. The summed E-state index contributed by atoms with van der Waals surface area (Å²) >= 11 is 1.83. The largest absolute Gasteiger partial charge is 0.370 e. The first kappa shape index (κ1) is 10.5. The highest BCUT2D eigenvalue weighted by molar-refractivity contribution is 7.16. The Bertz CT molecular complexity index is 255. The lowest BCUT2D eigenvalue weighted by Gasteiger charge is -2.08. The predicted molar refractivity (Wildman–Crippen MR) is 60.6 cm³/mol. The monoisotopic (exact) mass is 198 g/mol. The van der Waals surface area contributed by atoms with E-state index in [9.17, 15) is 0 Å². The number of rotatable bonds is 4. The molecule has 0 fully saturated rings. The van der Waals surface area contributed by atoms with Crippen molar-refractivity contribution in [2.45, 2.75) is 25.8 Å². The quantitative estimate of drug-likeness (QED) is 0.802. The fourth-order valence-electron chi connectivity index (χ4n) is 1.12. The lowest BCUT2D eigenvalue weighted by Crippen LogP contribution is -2.20. The van der Waals surface area contributed by atoms with Gasteiger partial charge in [-0.2, -0.15) is 0 Å². The summed E-state index contributed by atoms with van der Waals surface area (Å²) in [5.41, 5.74) is 5.88. The molecular formula is C10H18N2S. The molecule has 2 nitrogen and oxygen atoms in total. The Morgan fingerprint density at radius 1 is 1.46 bits per heavy atom. The van der Waals surface area contributed by atoms with Crippen molar-refractivity contribution in [3.05, 3.63) is 17.0 Å². The van der Waals surface area contributed by atoms with Crippen LogP contribution in [-0.4, -0.2) is 20.1 Å². The molecule has 1 rings (SSSR count). The topological polar surface area (TPSA) is 29.3 Å². The van der Waals surface area contributed by atoms with Gasteiger partial charge in [-0.3, -0.25) is 0 Å².